The van der Waals surface area contributed by atoms with Crippen LogP contribution in [0.5, 0.6) is 0 Å². The van der Waals surface area contributed by atoms with E-state index in [1.807, 2.05) is 0 Å². The Morgan fingerprint density at radius 3 is 2.55 bits per heavy atom. The molecule has 0 aromatic heterocycles. The van der Waals surface area contributed by atoms with Crippen molar-refractivity contribution in [3.8, 4) is 0 Å². The van der Waals surface area contributed by atoms with Crippen LogP contribution in [0.3, 0.4) is 0 Å². The van der Waals surface area contributed by atoms with Crippen LogP contribution in [0, 0.1) is 0 Å². The maximum atomic E-state index is 10.8. The normalized spacial score (nSPS) is 9.09. The Morgan fingerprint density at radius 1 is 1.36 bits per heavy atom. The number of carbonyl (C=O) groups excluding carboxylic acids is 2. The summed E-state index contributed by atoms with van der Waals surface area (Å²) in [6.45, 7) is 0. The zero-order chi connectivity index (χ0) is 8.27. The fourth-order valence-electron chi connectivity index (χ4n) is 0.785. The molecule has 56 valence electrons. The van der Waals surface area contributed by atoms with Crippen LogP contribution in [0.2, 0.25) is 0 Å². The highest BCUT2D eigenvalue weighted by Gasteiger charge is 2.05. The minimum atomic E-state index is -0.580. The molecule has 0 aliphatic heterocycles. The van der Waals surface area contributed by atoms with Crippen molar-refractivity contribution in [1.29, 1.82) is 0 Å². The molecule has 1 aromatic rings. The van der Waals surface area contributed by atoms with Gasteiger partial charge in [0.1, 0.15) is 0 Å². The monoisotopic (exact) mass is 149 g/mol. The maximum absolute atomic E-state index is 10.8. The maximum Gasteiger partial charge on any atom is 0.227 e. The van der Waals surface area contributed by atoms with E-state index in [1.54, 1.807) is 18.2 Å². The standard InChI is InChI=1S/C8H7NO2/c9-7-4-2-1-3-6(7)8(11)5-10/h1-5H,9H2. The van der Waals surface area contributed by atoms with Crippen molar-refractivity contribution in [3.63, 3.8) is 0 Å². The van der Waals surface area contributed by atoms with Gasteiger partial charge in [0, 0.05) is 11.3 Å². The van der Waals surface area contributed by atoms with E-state index in [0.717, 1.165) is 0 Å². The van der Waals surface area contributed by atoms with E-state index in [0.29, 0.717) is 5.69 Å². The molecule has 0 aliphatic rings. The molecule has 11 heavy (non-hydrogen) atoms. The van der Waals surface area contributed by atoms with Gasteiger partial charge >= 0.3 is 0 Å². The third kappa shape index (κ3) is 1.43. The second-order valence-corrected chi connectivity index (χ2v) is 2.07. The number of para-hydroxylation sites is 1. The average molecular weight is 149 g/mol. The Hall–Kier alpha value is -1.64. The van der Waals surface area contributed by atoms with Crippen LogP contribution in [0.1, 0.15) is 10.4 Å². The number of carbonyl (C=O) groups is 2. The summed E-state index contributed by atoms with van der Waals surface area (Å²) < 4.78 is 0. The number of nitrogen functional groups attached to an aromatic ring is 1. The van der Waals surface area contributed by atoms with Crippen LogP contribution in [0.15, 0.2) is 24.3 Å². The molecule has 0 spiro atoms. The quantitative estimate of drug-likeness (QED) is 0.290. The molecular formula is C8H7NO2. The highest BCUT2D eigenvalue weighted by atomic mass is 16.2. The van der Waals surface area contributed by atoms with Gasteiger partial charge in [-0.25, -0.2) is 0 Å². The van der Waals surface area contributed by atoms with Crippen molar-refractivity contribution in [1.82, 2.24) is 0 Å². The highest BCUT2D eigenvalue weighted by molar-refractivity contribution is 6.34. The lowest BCUT2D eigenvalue weighted by molar-refractivity contribution is -0.104. The van der Waals surface area contributed by atoms with Crippen molar-refractivity contribution in [2.45, 2.75) is 0 Å². The second kappa shape index (κ2) is 2.96. The van der Waals surface area contributed by atoms with Gasteiger partial charge in [-0.15, -0.1) is 0 Å². The smallest absolute Gasteiger partial charge is 0.227 e. The summed E-state index contributed by atoms with van der Waals surface area (Å²) in [6, 6.07) is 6.47. The molecule has 3 heteroatoms. The van der Waals surface area contributed by atoms with E-state index in [9.17, 15) is 9.59 Å². The van der Waals surface area contributed by atoms with E-state index < -0.39 is 5.78 Å². The summed E-state index contributed by atoms with van der Waals surface area (Å²) in [7, 11) is 0. The van der Waals surface area contributed by atoms with E-state index in [2.05, 4.69) is 0 Å². The Labute approximate surface area is 63.8 Å². The van der Waals surface area contributed by atoms with Crippen LogP contribution in [0.25, 0.3) is 0 Å². The van der Waals surface area contributed by atoms with Crippen LogP contribution < -0.4 is 5.73 Å². The average Bonchev–Trinajstić information content (AvgIpc) is 2.04. The van der Waals surface area contributed by atoms with Crippen molar-refractivity contribution in [2.75, 3.05) is 5.73 Å². The van der Waals surface area contributed by atoms with E-state index >= 15 is 0 Å². The zero-order valence-corrected chi connectivity index (χ0v) is 5.78. The van der Waals surface area contributed by atoms with Crippen LogP contribution in [-0.2, 0) is 4.79 Å². The van der Waals surface area contributed by atoms with Crippen molar-refractivity contribution in [2.24, 2.45) is 0 Å². The number of nitrogens with two attached hydrogens (primary N) is 1. The van der Waals surface area contributed by atoms with E-state index in [4.69, 9.17) is 5.73 Å². The predicted octanol–water partition coefficient (Wildman–Crippen LogP) is 0.650. The predicted molar refractivity (Wildman–Crippen MR) is 41.2 cm³/mol. The lowest BCUT2D eigenvalue weighted by Gasteiger charge is -1.97. The first-order valence-corrected chi connectivity index (χ1v) is 3.09. The Morgan fingerprint density at radius 2 is 2.00 bits per heavy atom. The molecule has 0 amide bonds. The third-order valence-electron chi connectivity index (χ3n) is 1.33. The zero-order valence-electron chi connectivity index (χ0n) is 5.78. The number of rotatable bonds is 2. The van der Waals surface area contributed by atoms with Gasteiger partial charge in [-0.05, 0) is 12.1 Å². The summed E-state index contributed by atoms with van der Waals surface area (Å²) >= 11 is 0. The molecule has 3 nitrogen and oxygen atoms in total. The lowest BCUT2D eigenvalue weighted by Crippen LogP contribution is -2.03. The minimum absolute atomic E-state index is 0.256. The van der Waals surface area contributed by atoms with Crippen molar-refractivity contribution in [3.05, 3.63) is 29.8 Å². The van der Waals surface area contributed by atoms with Gasteiger partial charge in [0.05, 0.1) is 0 Å². The topological polar surface area (TPSA) is 60.2 Å². The largest absolute Gasteiger partial charge is 0.398 e. The summed E-state index contributed by atoms with van der Waals surface area (Å²) in [5, 5.41) is 0. The number of Topliss-reactive ketones (excluding diaryl/α,β-unsaturated/α-hetero) is 1. The molecule has 0 aliphatic carbocycles. The van der Waals surface area contributed by atoms with Crippen LogP contribution in [0.4, 0.5) is 5.69 Å². The van der Waals surface area contributed by atoms with Gasteiger partial charge in [-0.2, -0.15) is 0 Å². The molecule has 2 N–H and O–H groups in total. The Kier molecular flexibility index (Phi) is 2.01. The lowest BCUT2D eigenvalue weighted by atomic mass is 10.1. The molecule has 0 saturated heterocycles. The first-order valence-electron chi connectivity index (χ1n) is 3.09. The molecule has 0 bridgehead atoms. The summed E-state index contributed by atoms with van der Waals surface area (Å²) in [5.41, 5.74) is 6.02. The van der Waals surface area contributed by atoms with Gasteiger partial charge < -0.3 is 5.73 Å². The Bertz CT molecular complexity index is 294. The summed E-state index contributed by atoms with van der Waals surface area (Å²) in [4.78, 5) is 20.8. The molecule has 0 radical (unpaired) electrons. The van der Waals surface area contributed by atoms with Crippen molar-refractivity contribution >= 4 is 17.8 Å². The van der Waals surface area contributed by atoms with E-state index in [1.165, 1.54) is 6.07 Å². The number of ketones is 1. The third-order valence-corrected chi connectivity index (χ3v) is 1.33. The number of anilines is 1. The fraction of sp³-hybridized carbons (Fsp3) is 0. The Balaban J connectivity index is 3.13. The van der Waals surface area contributed by atoms with Gasteiger partial charge in [-0.1, -0.05) is 12.1 Å². The SMILES string of the molecule is Nc1ccccc1C(=O)C=O. The second-order valence-electron chi connectivity index (χ2n) is 2.07. The summed E-state index contributed by atoms with van der Waals surface area (Å²) in [5.74, 6) is -0.580. The molecule has 0 saturated carbocycles. The first kappa shape index (κ1) is 7.47. The summed E-state index contributed by atoms with van der Waals surface area (Å²) in [6.07, 6.45) is 0.256. The molecule has 1 aromatic carbocycles. The van der Waals surface area contributed by atoms with E-state index in [-0.39, 0.29) is 11.8 Å². The van der Waals surface area contributed by atoms with Gasteiger partial charge in [0.2, 0.25) is 5.78 Å². The number of hydrogen-bond donors (Lipinski definition) is 1. The molecule has 0 fully saturated rings. The van der Waals surface area contributed by atoms with Crippen molar-refractivity contribution < 1.29 is 9.59 Å². The highest BCUT2D eigenvalue weighted by Crippen LogP contribution is 2.09. The molecule has 0 unspecified atom stereocenters. The molecule has 1 rings (SSSR count). The van der Waals surface area contributed by atoms with Gasteiger partial charge in [-0.3, -0.25) is 9.59 Å². The molecule has 0 atom stereocenters. The first-order chi connectivity index (χ1) is 5.25. The number of benzene rings is 1. The van der Waals surface area contributed by atoms with Gasteiger partial charge in [0.15, 0.2) is 6.29 Å². The van der Waals surface area contributed by atoms with Crippen LogP contribution >= 0.6 is 0 Å². The molecular weight excluding hydrogens is 142 g/mol. The number of aldehydes is 1. The fourth-order valence-corrected chi connectivity index (χ4v) is 0.785. The van der Waals surface area contributed by atoms with Crippen LogP contribution in [-0.4, -0.2) is 12.1 Å². The van der Waals surface area contributed by atoms with Gasteiger partial charge in [0.25, 0.3) is 0 Å². The molecule has 0 heterocycles. The minimum Gasteiger partial charge on any atom is -0.398 e. The number of hydrogen-bond acceptors (Lipinski definition) is 3.